The molecule has 2 heterocycles. The van der Waals surface area contributed by atoms with E-state index in [1.807, 2.05) is 6.92 Å². The molecular weight excluding hydrogens is 152 g/mol. The van der Waals surface area contributed by atoms with Crippen molar-refractivity contribution in [2.75, 3.05) is 5.73 Å². The molecule has 0 saturated heterocycles. The number of nitrogens with one attached hydrogen (secondary N) is 1. The van der Waals surface area contributed by atoms with Crippen LogP contribution in [0.2, 0.25) is 0 Å². The number of hydrogen-bond donors (Lipinski definition) is 2. The Morgan fingerprint density at radius 3 is 3.00 bits per heavy atom. The summed E-state index contributed by atoms with van der Waals surface area (Å²) in [6.45, 7) is 4.74. The van der Waals surface area contributed by atoms with Gasteiger partial charge in [0.25, 0.3) is 0 Å². The van der Waals surface area contributed by atoms with Crippen LogP contribution >= 0.6 is 0 Å². The monoisotopic (exact) mass is 164 g/mol. The number of fused-ring (bicyclic) bond motifs is 1. The first-order valence-electron chi connectivity index (χ1n) is 4.04. The van der Waals surface area contributed by atoms with Gasteiger partial charge in [-0.1, -0.05) is 0 Å². The Morgan fingerprint density at radius 2 is 2.25 bits per heavy atom. The number of anilines is 1. The molecule has 0 amide bonds. The average Bonchev–Trinajstić information content (AvgIpc) is 2.33. The van der Waals surface area contributed by atoms with Crippen molar-refractivity contribution < 1.29 is 0 Å². The van der Waals surface area contributed by atoms with E-state index in [0.29, 0.717) is 11.9 Å². The lowest BCUT2D eigenvalue weighted by Crippen LogP contribution is -2.08. The standard InChI is InChI=1S/C8H12N4/c1-4-7-6(3-10-4)8(9)12-5(2)11-7/h4,10H,3H2,1-2H3,(H2,9,11,12). The highest BCUT2D eigenvalue weighted by Crippen LogP contribution is 2.25. The van der Waals surface area contributed by atoms with Crippen molar-refractivity contribution in [2.24, 2.45) is 0 Å². The van der Waals surface area contributed by atoms with Crippen LogP contribution < -0.4 is 11.1 Å². The molecule has 0 spiro atoms. The second kappa shape index (κ2) is 2.42. The van der Waals surface area contributed by atoms with E-state index in [-0.39, 0.29) is 0 Å². The maximum absolute atomic E-state index is 5.74. The van der Waals surface area contributed by atoms with E-state index in [4.69, 9.17) is 5.73 Å². The third kappa shape index (κ3) is 0.956. The number of hydrogen-bond acceptors (Lipinski definition) is 4. The summed E-state index contributed by atoms with van der Waals surface area (Å²) < 4.78 is 0. The summed E-state index contributed by atoms with van der Waals surface area (Å²) in [5.74, 6) is 1.37. The van der Waals surface area contributed by atoms with Crippen molar-refractivity contribution in [3.8, 4) is 0 Å². The first-order chi connectivity index (χ1) is 5.68. The predicted octanol–water partition coefficient (Wildman–Crippen LogP) is 0.531. The molecular formula is C8H12N4. The Balaban J connectivity index is 2.60. The summed E-state index contributed by atoms with van der Waals surface area (Å²) >= 11 is 0. The smallest absolute Gasteiger partial charge is 0.131 e. The molecule has 1 aliphatic rings. The number of nitrogens with two attached hydrogens (primary N) is 1. The Labute approximate surface area is 71.2 Å². The topological polar surface area (TPSA) is 63.8 Å². The first kappa shape index (κ1) is 7.49. The van der Waals surface area contributed by atoms with Crippen LogP contribution in [0.25, 0.3) is 0 Å². The van der Waals surface area contributed by atoms with Gasteiger partial charge in [-0.25, -0.2) is 9.97 Å². The molecule has 1 unspecified atom stereocenters. The maximum Gasteiger partial charge on any atom is 0.131 e. The quantitative estimate of drug-likeness (QED) is 0.587. The van der Waals surface area contributed by atoms with Crippen molar-refractivity contribution in [2.45, 2.75) is 26.4 Å². The molecule has 0 aliphatic carbocycles. The van der Waals surface area contributed by atoms with Crippen molar-refractivity contribution in [3.05, 3.63) is 17.1 Å². The van der Waals surface area contributed by atoms with E-state index < -0.39 is 0 Å². The predicted molar refractivity (Wildman–Crippen MR) is 46.4 cm³/mol. The molecule has 2 rings (SSSR count). The molecule has 64 valence electrons. The molecule has 0 aromatic carbocycles. The minimum atomic E-state index is 0.309. The molecule has 1 atom stereocenters. The highest BCUT2D eigenvalue weighted by molar-refractivity contribution is 5.45. The van der Waals surface area contributed by atoms with Crippen molar-refractivity contribution >= 4 is 5.82 Å². The highest BCUT2D eigenvalue weighted by Gasteiger charge is 2.22. The molecule has 1 aromatic rings. The van der Waals surface area contributed by atoms with E-state index in [1.165, 1.54) is 0 Å². The molecule has 3 N–H and O–H groups in total. The van der Waals surface area contributed by atoms with Crippen LogP contribution in [0.15, 0.2) is 0 Å². The van der Waals surface area contributed by atoms with Gasteiger partial charge < -0.3 is 11.1 Å². The SMILES string of the molecule is Cc1nc(N)c2c(n1)C(C)NC2. The lowest BCUT2D eigenvalue weighted by Gasteiger charge is -2.04. The molecule has 1 aliphatic heterocycles. The normalized spacial score (nSPS) is 21.0. The fourth-order valence-electron chi connectivity index (χ4n) is 1.53. The van der Waals surface area contributed by atoms with Gasteiger partial charge in [-0.15, -0.1) is 0 Å². The lowest BCUT2D eigenvalue weighted by molar-refractivity contribution is 0.622. The minimum absolute atomic E-state index is 0.309. The van der Waals surface area contributed by atoms with Crippen LogP contribution in [0, 0.1) is 6.92 Å². The number of nitrogens with zero attached hydrogens (tertiary/aromatic N) is 2. The van der Waals surface area contributed by atoms with E-state index in [2.05, 4.69) is 22.2 Å². The van der Waals surface area contributed by atoms with E-state index in [0.717, 1.165) is 23.6 Å². The molecule has 4 heteroatoms. The summed E-state index contributed by atoms with van der Waals surface area (Å²) in [7, 11) is 0. The van der Waals surface area contributed by atoms with Gasteiger partial charge in [0, 0.05) is 18.2 Å². The van der Waals surface area contributed by atoms with Crippen LogP contribution in [0.1, 0.15) is 30.0 Å². The van der Waals surface area contributed by atoms with Gasteiger partial charge in [0.2, 0.25) is 0 Å². The molecule has 0 radical (unpaired) electrons. The van der Waals surface area contributed by atoms with Crippen molar-refractivity contribution in [3.63, 3.8) is 0 Å². The Kier molecular flexibility index (Phi) is 1.51. The summed E-state index contributed by atoms with van der Waals surface area (Å²) in [5, 5.41) is 3.27. The van der Waals surface area contributed by atoms with Crippen molar-refractivity contribution in [1.82, 2.24) is 15.3 Å². The van der Waals surface area contributed by atoms with Crippen LogP contribution in [0.4, 0.5) is 5.82 Å². The molecule has 0 bridgehead atoms. The summed E-state index contributed by atoms with van der Waals surface area (Å²) in [6, 6.07) is 0.309. The molecule has 4 nitrogen and oxygen atoms in total. The van der Waals surface area contributed by atoms with Crippen LogP contribution in [0.5, 0.6) is 0 Å². The summed E-state index contributed by atoms with van der Waals surface area (Å²) in [6.07, 6.45) is 0. The van der Waals surface area contributed by atoms with Gasteiger partial charge in [-0.05, 0) is 13.8 Å². The minimum Gasteiger partial charge on any atom is -0.383 e. The largest absolute Gasteiger partial charge is 0.383 e. The second-order valence-corrected chi connectivity index (χ2v) is 3.12. The van der Waals surface area contributed by atoms with Crippen molar-refractivity contribution in [1.29, 1.82) is 0 Å². The Morgan fingerprint density at radius 1 is 1.50 bits per heavy atom. The third-order valence-corrected chi connectivity index (χ3v) is 2.18. The highest BCUT2D eigenvalue weighted by atomic mass is 15.0. The van der Waals surface area contributed by atoms with Crippen LogP contribution in [0.3, 0.4) is 0 Å². The molecule has 0 saturated carbocycles. The zero-order valence-corrected chi connectivity index (χ0v) is 7.26. The van der Waals surface area contributed by atoms with Crippen LogP contribution in [-0.4, -0.2) is 9.97 Å². The Hall–Kier alpha value is -1.16. The number of rotatable bonds is 0. The fourth-order valence-corrected chi connectivity index (χ4v) is 1.53. The van der Waals surface area contributed by atoms with Gasteiger partial charge in [0.15, 0.2) is 0 Å². The molecule has 12 heavy (non-hydrogen) atoms. The number of nitrogen functional groups attached to an aromatic ring is 1. The molecule has 0 fully saturated rings. The third-order valence-electron chi connectivity index (χ3n) is 2.18. The molecule has 1 aromatic heterocycles. The average molecular weight is 164 g/mol. The van der Waals surface area contributed by atoms with Gasteiger partial charge in [0.05, 0.1) is 5.69 Å². The zero-order chi connectivity index (χ0) is 8.72. The summed E-state index contributed by atoms with van der Waals surface area (Å²) in [4.78, 5) is 8.45. The zero-order valence-electron chi connectivity index (χ0n) is 7.26. The second-order valence-electron chi connectivity index (χ2n) is 3.12. The summed E-state index contributed by atoms with van der Waals surface area (Å²) in [5.41, 5.74) is 7.86. The van der Waals surface area contributed by atoms with Gasteiger partial charge >= 0.3 is 0 Å². The van der Waals surface area contributed by atoms with Gasteiger partial charge in [-0.2, -0.15) is 0 Å². The Bertz CT molecular complexity index is 321. The number of aryl methyl sites for hydroxylation is 1. The maximum atomic E-state index is 5.74. The first-order valence-corrected chi connectivity index (χ1v) is 4.04. The number of aromatic nitrogens is 2. The van der Waals surface area contributed by atoms with E-state index in [1.54, 1.807) is 0 Å². The van der Waals surface area contributed by atoms with E-state index in [9.17, 15) is 0 Å². The van der Waals surface area contributed by atoms with Crippen LogP contribution in [-0.2, 0) is 6.54 Å². The fraction of sp³-hybridized carbons (Fsp3) is 0.500. The lowest BCUT2D eigenvalue weighted by atomic mass is 10.2. The van der Waals surface area contributed by atoms with Gasteiger partial charge in [0.1, 0.15) is 11.6 Å². The van der Waals surface area contributed by atoms with E-state index >= 15 is 0 Å². The van der Waals surface area contributed by atoms with Gasteiger partial charge in [-0.3, -0.25) is 0 Å².